The van der Waals surface area contributed by atoms with Gasteiger partial charge in [-0.3, -0.25) is 0 Å². The largest absolute Gasteiger partial charge is 0.395 e. The van der Waals surface area contributed by atoms with E-state index in [0.717, 1.165) is 5.56 Å². The van der Waals surface area contributed by atoms with E-state index < -0.39 is 0 Å². The van der Waals surface area contributed by atoms with Gasteiger partial charge in [-0.25, -0.2) is 0 Å². The van der Waals surface area contributed by atoms with Crippen LogP contribution in [-0.4, -0.2) is 11.7 Å². The highest BCUT2D eigenvalue weighted by Crippen LogP contribution is 1.94. The molecule has 0 bridgehead atoms. The van der Waals surface area contributed by atoms with E-state index in [-0.39, 0.29) is 6.61 Å². The number of aliphatic hydroxyl groups excluding tert-OH is 1. The third-order valence-corrected chi connectivity index (χ3v) is 1.24. The fourth-order valence-corrected chi connectivity index (χ4v) is 0.742. The first-order valence-corrected chi connectivity index (χ1v) is 3.58. The Bertz CT molecular complexity index is 253. The van der Waals surface area contributed by atoms with Crippen LogP contribution in [0.25, 0.3) is 0 Å². The Morgan fingerprint density at radius 1 is 1.18 bits per heavy atom. The molecule has 0 aliphatic heterocycles. The minimum atomic E-state index is 0.139. The van der Waals surface area contributed by atoms with Crippen molar-refractivity contribution in [3.8, 4) is 11.8 Å². The molecule has 1 heteroatoms. The zero-order valence-electron chi connectivity index (χ0n) is 6.25. The summed E-state index contributed by atoms with van der Waals surface area (Å²) in [5, 5.41) is 8.44. The number of hydrogen-bond acceptors (Lipinski definition) is 1. The van der Waals surface area contributed by atoms with Gasteiger partial charge < -0.3 is 5.11 Å². The first-order chi connectivity index (χ1) is 5.43. The third kappa shape index (κ3) is 2.88. The van der Waals surface area contributed by atoms with Crippen LogP contribution in [0.2, 0.25) is 0 Å². The van der Waals surface area contributed by atoms with E-state index in [1.807, 2.05) is 30.3 Å². The predicted molar refractivity (Wildman–Crippen MR) is 45.0 cm³/mol. The van der Waals surface area contributed by atoms with Crippen LogP contribution in [-0.2, 0) is 0 Å². The second kappa shape index (κ2) is 4.54. The highest BCUT2D eigenvalue weighted by atomic mass is 16.2. The van der Waals surface area contributed by atoms with E-state index in [4.69, 9.17) is 5.11 Å². The van der Waals surface area contributed by atoms with E-state index in [1.165, 1.54) is 0 Å². The Hall–Kier alpha value is -1.26. The number of hydrogen-bond donors (Lipinski definition) is 1. The quantitative estimate of drug-likeness (QED) is 0.594. The number of benzene rings is 1. The Labute approximate surface area is 66.7 Å². The molecule has 0 heterocycles. The lowest BCUT2D eigenvalue weighted by atomic mass is 10.2. The van der Waals surface area contributed by atoms with Gasteiger partial charge in [-0.15, -0.1) is 0 Å². The SMILES string of the molecule is OCCC#Cc1ccccc1. The Kier molecular flexibility index (Phi) is 3.24. The van der Waals surface area contributed by atoms with Crippen LogP contribution in [0, 0.1) is 11.8 Å². The maximum absolute atomic E-state index is 8.44. The summed E-state index contributed by atoms with van der Waals surface area (Å²) in [5.74, 6) is 5.79. The molecule has 11 heavy (non-hydrogen) atoms. The molecule has 0 amide bonds. The molecule has 0 spiro atoms. The summed E-state index contributed by atoms with van der Waals surface area (Å²) in [6.45, 7) is 0.139. The smallest absolute Gasteiger partial charge is 0.0540 e. The Morgan fingerprint density at radius 2 is 1.91 bits per heavy atom. The zero-order chi connectivity index (χ0) is 7.94. The third-order valence-electron chi connectivity index (χ3n) is 1.24. The Balaban J connectivity index is 2.59. The molecule has 0 aliphatic carbocycles. The van der Waals surface area contributed by atoms with E-state index in [2.05, 4.69) is 11.8 Å². The molecule has 0 saturated carbocycles. The fourth-order valence-electron chi connectivity index (χ4n) is 0.742. The van der Waals surface area contributed by atoms with Crippen LogP contribution in [0.5, 0.6) is 0 Å². The normalized spacial score (nSPS) is 8.45. The van der Waals surface area contributed by atoms with Gasteiger partial charge >= 0.3 is 0 Å². The van der Waals surface area contributed by atoms with E-state index in [0.29, 0.717) is 6.42 Å². The maximum Gasteiger partial charge on any atom is 0.0540 e. The maximum atomic E-state index is 8.44. The van der Waals surface area contributed by atoms with Gasteiger partial charge in [-0.2, -0.15) is 0 Å². The highest BCUT2D eigenvalue weighted by molar-refractivity contribution is 5.33. The second-order valence-electron chi connectivity index (χ2n) is 2.14. The van der Waals surface area contributed by atoms with Crippen LogP contribution >= 0.6 is 0 Å². The van der Waals surface area contributed by atoms with Crippen molar-refractivity contribution in [2.24, 2.45) is 0 Å². The molecule has 0 aromatic heterocycles. The zero-order valence-corrected chi connectivity index (χ0v) is 6.25. The van der Waals surface area contributed by atoms with E-state index in [9.17, 15) is 0 Å². The lowest BCUT2D eigenvalue weighted by Gasteiger charge is -1.85. The summed E-state index contributed by atoms with van der Waals surface area (Å²) in [5.41, 5.74) is 1.00. The first kappa shape index (κ1) is 7.84. The van der Waals surface area contributed by atoms with Crippen LogP contribution in [0.3, 0.4) is 0 Å². The molecular weight excluding hydrogens is 136 g/mol. The molecule has 1 rings (SSSR count). The van der Waals surface area contributed by atoms with Crippen LogP contribution < -0.4 is 0 Å². The first-order valence-electron chi connectivity index (χ1n) is 3.58. The summed E-state index contributed by atoms with van der Waals surface area (Å²) in [7, 11) is 0. The van der Waals surface area contributed by atoms with Gasteiger partial charge in [0, 0.05) is 12.0 Å². The van der Waals surface area contributed by atoms with Gasteiger partial charge in [0.2, 0.25) is 0 Å². The van der Waals surface area contributed by atoms with Crippen molar-refractivity contribution in [1.29, 1.82) is 0 Å². The van der Waals surface area contributed by atoms with Gasteiger partial charge in [-0.05, 0) is 12.1 Å². The number of rotatable bonds is 1. The minimum absolute atomic E-state index is 0.139. The van der Waals surface area contributed by atoms with Crippen molar-refractivity contribution in [3.63, 3.8) is 0 Å². The molecule has 1 N–H and O–H groups in total. The molecule has 0 unspecified atom stereocenters. The van der Waals surface area contributed by atoms with Gasteiger partial charge in [0.15, 0.2) is 0 Å². The van der Waals surface area contributed by atoms with Gasteiger partial charge in [0.1, 0.15) is 0 Å². The van der Waals surface area contributed by atoms with Crippen LogP contribution in [0.4, 0.5) is 0 Å². The molecule has 0 atom stereocenters. The summed E-state index contributed by atoms with van der Waals surface area (Å²) in [6, 6.07) is 9.75. The van der Waals surface area contributed by atoms with Gasteiger partial charge in [-0.1, -0.05) is 30.0 Å². The average Bonchev–Trinajstić information content (AvgIpc) is 2.07. The lowest BCUT2D eigenvalue weighted by Crippen LogP contribution is -1.76. The monoisotopic (exact) mass is 146 g/mol. The fraction of sp³-hybridized carbons (Fsp3) is 0.200. The second-order valence-corrected chi connectivity index (χ2v) is 2.14. The Morgan fingerprint density at radius 3 is 2.55 bits per heavy atom. The highest BCUT2D eigenvalue weighted by Gasteiger charge is 1.79. The molecule has 0 radical (unpaired) electrons. The summed E-state index contributed by atoms with van der Waals surface area (Å²) < 4.78 is 0. The van der Waals surface area contributed by atoms with Crippen molar-refractivity contribution in [2.45, 2.75) is 6.42 Å². The van der Waals surface area contributed by atoms with Crippen molar-refractivity contribution in [2.75, 3.05) is 6.61 Å². The predicted octanol–water partition coefficient (Wildman–Crippen LogP) is 1.42. The van der Waals surface area contributed by atoms with E-state index in [1.54, 1.807) is 0 Å². The van der Waals surface area contributed by atoms with Crippen LogP contribution in [0.15, 0.2) is 30.3 Å². The molecule has 0 saturated heterocycles. The van der Waals surface area contributed by atoms with Gasteiger partial charge in [0.05, 0.1) is 6.61 Å². The average molecular weight is 146 g/mol. The summed E-state index contributed by atoms with van der Waals surface area (Å²) >= 11 is 0. The van der Waals surface area contributed by atoms with E-state index >= 15 is 0 Å². The topological polar surface area (TPSA) is 20.2 Å². The molecule has 0 aliphatic rings. The summed E-state index contributed by atoms with van der Waals surface area (Å²) in [6.07, 6.45) is 0.550. The molecule has 56 valence electrons. The summed E-state index contributed by atoms with van der Waals surface area (Å²) in [4.78, 5) is 0. The van der Waals surface area contributed by atoms with Crippen molar-refractivity contribution < 1.29 is 5.11 Å². The van der Waals surface area contributed by atoms with Crippen molar-refractivity contribution in [1.82, 2.24) is 0 Å². The number of aliphatic hydroxyl groups is 1. The van der Waals surface area contributed by atoms with Crippen molar-refractivity contribution in [3.05, 3.63) is 35.9 Å². The molecular formula is C10H10O. The lowest BCUT2D eigenvalue weighted by molar-refractivity contribution is 0.305. The minimum Gasteiger partial charge on any atom is -0.395 e. The molecule has 1 nitrogen and oxygen atoms in total. The van der Waals surface area contributed by atoms with Crippen molar-refractivity contribution >= 4 is 0 Å². The van der Waals surface area contributed by atoms with Gasteiger partial charge in [0.25, 0.3) is 0 Å². The molecule has 0 fully saturated rings. The van der Waals surface area contributed by atoms with Crippen LogP contribution in [0.1, 0.15) is 12.0 Å². The molecule has 1 aromatic carbocycles. The molecule has 1 aromatic rings. The standard InChI is InChI=1S/C10H10O/c11-9-5-4-8-10-6-2-1-3-7-10/h1-3,6-7,11H,5,9H2.